The zero-order chi connectivity index (χ0) is 12.3. The maximum Gasteiger partial charge on any atom is 0.397 e. The van der Waals surface area contributed by atoms with Gasteiger partial charge in [-0.15, -0.1) is 0 Å². The minimum atomic E-state index is -4.46. The van der Waals surface area contributed by atoms with E-state index in [2.05, 4.69) is 4.18 Å². The molecule has 1 rings (SSSR count). The van der Waals surface area contributed by atoms with Gasteiger partial charge >= 0.3 is 10.4 Å². The quantitative estimate of drug-likeness (QED) is 0.850. The predicted molar refractivity (Wildman–Crippen MR) is 61.7 cm³/mol. The average Bonchev–Trinajstić information content (AvgIpc) is 2.14. The summed E-state index contributed by atoms with van der Waals surface area (Å²) < 4.78 is 34.7. The molecular formula is C10H13ClO4S. The Bertz CT molecular complexity index is 438. The molecule has 0 aliphatic heterocycles. The summed E-state index contributed by atoms with van der Waals surface area (Å²) in [5.74, 6) is -0.0944. The molecule has 1 unspecified atom stereocenters. The predicted octanol–water partition coefficient (Wildman–Crippen LogP) is 2.86. The average molecular weight is 265 g/mol. The first-order valence-electron chi connectivity index (χ1n) is 4.71. The lowest BCUT2D eigenvalue weighted by atomic mass is 9.99. The van der Waals surface area contributed by atoms with E-state index in [0.717, 1.165) is 0 Å². The van der Waals surface area contributed by atoms with Gasteiger partial charge in [-0.05, 0) is 23.6 Å². The molecule has 1 N–H and O–H groups in total. The van der Waals surface area contributed by atoms with Crippen LogP contribution in [0.25, 0.3) is 0 Å². The van der Waals surface area contributed by atoms with Crippen LogP contribution in [0.4, 0.5) is 0 Å². The molecule has 0 fully saturated rings. The maximum absolute atomic E-state index is 10.7. The zero-order valence-electron chi connectivity index (χ0n) is 8.92. The molecule has 0 radical (unpaired) electrons. The summed E-state index contributed by atoms with van der Waals surface area (Å²) in [6.45, 7) is 3.59. The number of halogens is 1. The van der Waals surface area contributed by atoms with Crippen molar-refractivity contribution in [1.82, 2.24) is 0 Å². The van der Waals surface area contributed by atoms with Gasteiger partial charge in [0.25, 0.3) is 0 Å². The topological polar surface area (TPSA) is 63.6 Å². The Labute approximate surface area is 100 Å². The van der Waals surface area contributed by atoms with E-state index in [1.54, 1.807) is 38.1 Å². The molecule has 0 spiro atoms. The van der Waals surface area contributed by atoms with Crippen molar-refractivity contribution in [3.63, 3.8) is 0 Å². The van der Waals surface area contributed by atoms with Crippen LogP contribution in [-0.4, -0.2) is 13.0 Å². The lowest BCUT2D eigenvalue weighted by Gasteiger charge is -2.19. The van der Waals surface area contributed by atoms with Crippen LogP contribution in [-0.2, 0) is 14.6 Å². The van der Waals surface area contributed by atoms with Crippen molar-refractivity contribution in [3.8, 4) is 0 Å². The zero-order valence-corrected chi connectivity index (χ0v) is 10.5. The summed E-state index contributed by atoms with van der Waals surface area (Å²) in [6.07, 6.45) is -0.715. The molecule has 0 saturated carbocycles. The van der Waals surface area contributed by atoms with Gasteiger partial charge in [0.15, 0.2) is 0 Å². The fourth-order valence-corrected chi connectivity index (χ4v) is 2.06. The van der Waals surface area contributed by atoms with E-state index in [4.69, 9.17) is 16.2 Å². The van der Waals surface area contributed by atoms with Crippen LogP contribution in [0.15, 0.2) is 24.3 Å². The van der Waals surface area contributed by atoms with Gasteiger partial charge in [-0.1, -0.05) is 37.6 Å². The molecule has 0 bridgehead atoms. The van der Waals surface area contributed by atoms with Crippen LogP contribution >= 0.6 is 11.6 Å². The third kappa shape index (κ3) is 4.09. The first-order valence-corrected chi connectivity index (χ1v) is 6.45. The largest absolute Gasteiger partial charge is 0.397 e. The van der Waals surface area contributed by atoms with E-state index in [1.807, 2.05) is 0 Å². The highest BCUT2D eigenvalue weighted by Gasteiger charge is 2.22. The smallest absolute Gasteiger partial charge is 0.264 e. The molecule has 16 heavy (non-hydrogen) atoms. The van der Waals surface area contributed by atoms with Crippen LogP contribution < -0.4 is 0 Å². The number of benzene rings is 1. The summed E-state index contributed by atoms with van der Waals surface area (Å²) in [5.41, 5.74) is 0.650. The van der Waals surface area contributed by atoms with Gasteiger partial charge in [0.2, 0.25) is 0 Å². The number of rotatable bonds is 4. The van der Waals surface area contributed by atoms with Crippen molar-refractivity contribution in [1.29, 1.82) is 0 Å². The molecule has 0 amide bonds. The first-order chi connectivity index (χ1) is 7.29. The fourth-order valence-electron chi connectivity index (χ4n) is 1.34. The fraction of sp³-hybridized carbons (Fsp3) is 0.400. The highest BCUT2D eigenvalue weighted by Crippen LogP contribution is 2.28. The van der Waals surface area contributed by atoms with Gasteiger partial charge in [-0.3, -0.25) is 4.55 Å². The summed E-state index contributed by atoms with van der Waals surface area (Å²) in [4.78, 5) is 0. The lowest BCUT2D eigenvalue weighted by Crippen LogP contribution is -2.15. The first kappa shape index (κ1) is 13.4. The van der Waals surface area contributed by atoms with E-state index >= 15 is 0 Å². The van der Waals surface area contributed by atoms with Gasteiger partial charge in [-0.25, -0.2) is 4.18 Å². The van der Waals surface area contributed by atoms with Crippen molar-refractivity contribution in [2.45, 2.75) is 20.0 Å². The monoisotopic (exact) mass is 264 g/mol. The van der Waals surface area contributed by atoms with Crippen molar-refractivity contribution < 1.29 is 17.2 Å². The molecule has 0 saturated heterocycles. The van der Waals surface area contributed by atoms with Crippen LogP contribution in [0.3, 0.4) is 0 Å². The Morgan fingerprint density at radius 3 is 2.12 bits per heavy atom. The molecule has 6 heteroatoms. The molecule has 1 aromatic rings. The molecule has 0 heterocycles. The Balaban J connectivity index is 2.99. The molecule has 1 aromatic carbocycles. The highest BCUT2D eigenvalue weighted by molar-refractivity contribution is 7.80. The Morgan fingerprint density at radius 2 is 1.75 bits per heavy atom. The van der Waals surface area contributed by atoms with Gasteiger partial charge in [0.1, 0.15) is 6.10 Å². The summed E-state index contributed by atoms with van der Waals surface area (Å²) in [7, 11) is -4.46. The lowest BCUT2D eigenvalue weighted by molar-refractivity contribution is 0.140. The normalized spacial score (nSPS) is 14.1. The number of hydrogen-bond acceptors (Lipinski definition) is 3. The van der Waals surface area contributed by atoms with Crippen molar-refractivity contribution in [2.75, 3.05) is 0 Å². The summed E-state index contributed by atoms with van der Waals surface area (Å²) in [6, 6.07) is 6.61. The second kappa shape index (κ2) is 5.14. The van der Waals surface area contributed by atoms with E-state index in [0.29, 0.717) is 10.6 Å². The SMILES string of the molecule is CC(C)C(OS(=O)(=O)O)c1ccc(Cl)cc1. The van der Waals surface area contributed by atoms with Gasteiger partial charge in [0, 0.05) is 5.02 Å². The second-order valence-corrected chi connectivity index (χ2v) is 5.22. The molecule has 0 aromatic heterocycles. The summed E-state index contributed by atoms with van der Waals surface area (Å²) >= 11 is 5.72. The molecular weight excluding hydrogens is 252 g/mol. The minimum Gasteiger partial charge on any atom is -0.264 e. The molecule has 90 valence electrons. The van der Waals surface area contributed by atoms with Gasteiger partial charge < -0.3 is 0 Å². The van der Waals surface area contributed by atoms with Crippen LogP contribution in [0.5, 0.6) is 0 Å². The van der Waals surface area contributed by atoms with Crippen LogP contribution in [0.1, 0.15) is 25.5 Å². The van der Waals surface area contributed by atoms with E-state index in [1.165, 1.54) is 0 Å². The van der Waals surface area contributed by atoms with Crippen LogP contribution in [0.2, 0.25) is 5.02 Å². The summed E-state index contributed by atoms with van der Waals surface area (Å²) in [5, 5.41) is 0.554. The Kier molecular flexibility index (Phi) is 4.32. The Hall–Kier alpha value is -0.620. The molecule has 0 aliphatic carbocycles. The van der Waals surface area contributed by atoms with E-state index in [-0.39, 0.29) is 5.92 Å². The Morgan fingerprint density at radius 1 is 1.25 bits per heavy atom. The minimum absolute atomic E-state index is 0.0944. The van der Waals surface area contributed by atoms with Gasteiger partial charge in [0.05, 0.1) is 0 Å². The maximum atomic E-state index is 10.7. The molecule has 1 atom stereocenters. The van der Waals surface area contributed by atoms with E-state index < -0.39 is 16.5 Å². The molecule has 0 aliphatic rings. The second-order valence-electron chi connectivity index (χ2n) is 3.74. The third-order valence-corrected chi connectivity index (χ3v) is 2.73. The van der Waals surface area contributed by atoms with Crippen molar-refractivity contribution in [2.24, 2.45) is 5.92 Å². The van der Waals surface area contributed by atoms with Crippen molar-refractivity contribution in [3.05, 3.63) is 34.9 Å². The van der Waals surface area contributed by atoms with Crippen LogP contribution in [0, 0.1) is 5.92 Å². The standard InChI is InChI=1S/C10H13ClO4S/c1-7(2)10(15-16(12,13)14)8-3-5-9(11)6-4-8/h3-7,10H,1-2H3,(H,12,13,14). The highest BCUT2D eigenvalue weighted by atomic mass is 35.5. The van der Waals surface area contributed by atoms with E-state index in [9.17, 15) is 8.42 Å². The molecule has 4 nitrogen and oxygen atoms in total. The third-order valence-electron chi connectivity index (χ3n) is 2.03. The number of hydrogen-bond donors (Lipinski definition) is 1. The van der Waals surface area contributed by atoms with Crippen molar-refractivity contribution >= 4 is 22.0 Å². The van der Waals surface area contributed by atoms with Gasteiger partial charge in [-0.2, -0.15) is 8.42 Å².